The highest BCUT2D eigenvalue weighted by molar-refractivity contribution is 8.15. The minimum absolute atomic E-state index is 0.335. The number of ether oxygens (including phenoxy) is 2. The molecule has 12 heteroatoms. The fraction of sp³-hybridized carbons (Fsp3) is 0.471. The van der Waals surface area contributed by atoms with Gasteiger partial charge in [-0.1, -0.05) is 0 Å². The van der Waals surface area contributed by atoms with Gasteiger partial charge >= 0.3 is 5.97 Å². The Balaban J connectivity index is 1.54. The van der Waals surface area contributed by atoms with Crippen molar-refractivity contribution < 1.29 is 39.8 Å². The number of carboxylic acids is 1. The summed E-state index contributed by atoms with van der Waals surface area (Å²) in [6.07, 6.45) is -6.82. The minimum atomic E-state index is -1.52. The fourth-order valence-electron chi connectivity index (χ4n) is 2.99. The summed E-state index contributed by atoms with van der Waals surface area (Å²) >= 11 is 2.66. The van der Waals surface area contributed by atoms with E-state index in [1.807, 2.05) is 0 Å². The van der Waals surface area contributed by atoms with Crippen molar-refractivity contribution in [3.63, 3.8) is 0 Å². The molecule has 0 spiro atoms. The molecular formula is C17H18N2O8S2. The van der Waals surface area contributed by atoms with Gasteiger partial charge in [0.05, 0.1) is 16.8 Å². The number of aliphatic carboxylic acids is 1. The van der Waals surface area contributed by atoms with Gasteiger partial charge in [-0.2, -0.15) is 0 Å². The molecule has 0 amide bonds. The van der Waals surface area contributed by atoms with Crippen LogP contribution in [0.4, 0.5) is 0 Å². The Morgan fingerprint density at radius 2 is 2.03 bits per heavy atom. The number of fused-ring (bicyclic) bond motifs is 1. The number of thioether (sulfide) groups is 1. The fourth-order valence-corrected chi connectivity index (χ4v) is 5.08. The molecule has 1 aromatic heterocycles. The second-order valence-electron chi connectivity index (χ2n) is 6.56. The SMILES string of the molecule is O=C(O)[C@H]1CSC(c2nc3ccc(O[C@@H]4O[C@H](CO)[C@H](O)[C@H](O)[C@H]4O)cc3s2)=N1. The number of carboxylic acid groups (broad SMARTS) is 1. The van der Waals surface area contributed by atoms with Crippen molar-refractivity contribution in [3.8, 4) is 5.75 Å². The zero-order valence-electron chi connectivity index (χ0n) is 14.8. The predicted molar refractivity (Wildman–Crippen MR) is 104 cm³/mol. The summed E-state index contributed by atoms with van der Waals surface area (Å²) < 4.78 is 11.7. The topological polar surface area (TPSA) is 162 Å². The summed E-state index contributed by atoms with van der Waals surface area (Å²) in [4.78, 5) is 19.7. The molecule has 1 aromatic carbocycles. The van der Waals surface area contributed by atoms with Crippen LogP contribution in [0.2, 0.25) is 0 Å². The quantitative estimate of drug-likeness (QED) is 0.405. The van der Waals surface area contributed by atoms with Crippen molar-refractivity contribution >= 4 is 44.3 Å². The molecule has 1 fully saturated rings. The molecule has 0 radical (unpaired) electrons. The monoisotopic (exact) mass is 442 g/mol. The van der Waals surface area contributed by atoms with Crippen LogP contribution in [0, 0.1) is 0 Å². The molecule has 4 rings (SSSR count). The van der Waals surface area contributed by atoms with Crippen LogP contribution >= 0.6 is 23.1 Å². The number of thiazole rings is 1. The maximum atomic E-state index is 11.1. The Morgan fingerprint density at radius 1 is 1.24 bits per heavy atom. The van der Waals surface area contributed by atoms with Gasteiger partial charge in [0.25, 0.3) is 0 Å². The summed E-state index contributed by atoms with van der Waals surface area (Å²) in [5.41, 5.74) is 0.674. The van der Waals surface area contributed by atoms with Gasteiger partial charge in [0.1, 0.15) is 40.2 Å². The van der Waals surface area contributed by atoms with E-state index in [1.54, 1.807) is 18.2 Å². The number of hydrogen-bond donors (Lipinski definition) is 5. The summed E-state index contributed by atoms with van der Waals surface area (Å²) in [5.74, 6) is -0.267. The van der Waals surface area contributed by atoms with Gasteiger partial charge in [-0.05, 0) is 18.2 Å². The van der Waals surface area contributed by atoms with E-state index in [0.717, 1.165) is 4.70 Å². The molecular weight excluding hydrogens is 424 g/mol. The normalized spacial score (nSPS) is 32.3. The number of rotatable bonds is 5. The Labute approximate surface area is 172 Å². The standard InChI is InChI=1S/C17H18N2O8S2/c20-4-9-11(21)12(22)13(23)17(27-9)26-6-1-2-7-10(3-6)29-15(18-7)14-19-8(5-28-14)16(24)25/h1-3,8-9,11-13,17,20-23H,4-5H2,(H,24,25)/t8-,9-,11+,12+,13-,17-/m1/s1. The smallest absolute Gasteiger partial charge is 0.329 e. The minimum Gasteiger partial charge on any atom is -0.480 e. The molecule has 29 heavy (non-hydrogen) atoms. The van der Waals surface area contributed by atoms with Crippen LogP contribution in [0.5, 0.6) is 5.75 Å². The van der Waals surface area contributed by atoms with Crippen LogP contribution in [0.15, 0.2) is 23.2 Å². The van der Waals surface area contributed by atoms with E-state index < -0.39 is 49.3 Å². The van der Waals surface area contributed by atoms with E-state index in [4.69, 9.17) is 14.6 Å². The zero-order valence-corrected chi connectivity index (χ0v) is 16.4. The number of nitrogens with zero attached hydrogens (tertiary/aromatic N) is 2. The highest BCUT2D eigenvalue weighted by Crippen LogP contribution is 2.32. The van der Waals surface area contributed by atoms with Gasteiger partial charge in [-0.3, -0.25) is 4.99 Å². The molecule has 2 aliphatic heterocycles. The van der Waals surface area contributed by atoms with Crippen molar-refractivity contribution in [1.29, 1.82) is 0 Å². The molecule has 3 heterocycles. The van der Waals surface area contributed by atoms with E-state index in [2.05, 4.69) is 9.98 Å². The molecule has 10 nitrogen and oxygen atoms in total. The Morgan fingerprint density at radius 3 is 2.72 bits per heavy atom. The summed E-state index contributed by atoms with van der Waals surface area (Å²) in [6, 6.07) is 4.21. The van der Waals surface area contributed by atoms with Crippen LogP contribution in [-0.2, 0) is 9.53 Å². The molecule has 1 saturated heterocycles. The van der Waals surface area contributed by atoms with Gasteiger partial charge in [0, 0.05) is 5.75 Å². The number of benzene rings is 1. The molecule has 0 saturated carbocycles. The third-order valence-corrected chi connectivity index (χ3v) is 6.79. The average Bonchev–Trinajstić information content (AvgIpc) is 3.35. The van der Waals surface area contributed by atoms with E-state index >= 15 is 0 Å². The Hall–Kier alpha value is -1.80. The third kappa shape index (κ3) is 3.97. The maximum absolute atomic E-state index is 11.1. The van der Waals surface area contributed by atoms with E-state index in [1.165, 1.54) is 23.1 Å². The molecule has 6 atom stereocenters. The first-order chi connectivity index (χ1) is 13.9. The first-order valence-corrected chi connectivity index (χ1v) is 10.5. The van der Waals surface area contributed by atoms with Crippen molar-refractivity contribution in [2.75, 3.05) is 12.4 Å². The van der Waals surface area contributed by atoms with Gasteiger partial charge in [0.15, 0.2) is 6.04 Å². The van der Waals surface area contributed by atoms with Crippen LogP contribution < -0.4 is 4.74 Å². The first kappa shape index (κ1) is 20.5. The summed E-state index contributed by atoms with van der Waals surface area (Å²) in [5, 5.41) is 49.3. The van der Waals surface area contributed by atoms with Gasteiger partial charge < -0.3 is 35.0 Å². The lowest BCUT2D eigenvalue weighted by atomic mass is 9.99. The lowest BCUT2D eigenvalue weighted by molar-refractivity contribution is -0.277. The number of aromatic nitrogens is 1. The van der Waals surface area contributed by atoms with Crippen molar-refractivity contribution in [1.82, 2.24) is 4.98 Å². The van der Waals surface area contributed by atoms with Crippen LogP contribution in [0.25, 0.3) is 10.2 Å². The number of aliphatic imine (C=N–C) groups is 1. The van der Waals surface area contributed by atoms with Crippen LogP contribution in [0.1, 0.15) is 5.01 Å². The molecule has 2 aliphatic rings. The molecule has 5 N–H and O–H groups in total. The number of aliphatic hydroxyl groups excluding tert-OH is 4. The van der Waals surface area contributed by atoms with Crippen molar-refractivity contribution in [2.45, 2.75) is 36.7 Å². The average molecular weight is 442 g/mol. The van der Waals surface area contributed by atoms with Gasteiger partial charge in [0.2, 0.25) is 6.29 Å². The molecule has 0 unspecified atom stereocenters. The molecule has 156 valence electrons. The van der Waals surface area contributed by atoms with Crippen molar-refractivity contribution in [3.05, 3.63) is 23.2 Å². The Bertz CT molecular complexity index is 949. The third-order valence-electron chi connectivity index (χ3n) is 4.58. The first-order valence-electron chi connectivity index (χ1n) is 8.69. The molecule has 2 aromatic rings. The molecule has 0 bridgehead atoms. The van der Waals surface area contributed by atoms with E-state index in [-0.39, 0.29) is 0 Å². The highest BCUT2D eigenvalue weighted by atomic mass is 32.2. The van der Waals surface area contributed by atoms with E-state index in [9.17, 15) is 25.2 Å². The number of aliphatic hydroxyl groups is 4. The number of carbonyl (C=O) groups is 1. The highest BCUT2D eigenvalue weighted by Gasteiger charge is 2.44. The summed E-state index contributed by atoms with van der Waals surface area (Å²) in [6.45, 7) is -0.542. The van der Waals surface area contributed by atoms with Gasteiger partial charge in [-0.25, -0.2) is 9.78 Å². The van der Waals surface area contributed by atoms with Crippen LogP contribution in [0.3, 0.4) is 0 Å². The largest absolute Gasteiger partial charge is 0.480 e. The number of hydrogen-bond acceptors (Lipinski definition) is 11. The predicted octanol–water partition coefficient (Wildman–Crippen LogP) is -0.578. The van der Waals surface area contributed by atoms with E-state index in [0.29, 0.717) is 27.1 Å². The summed E-state index contributed by atoms with van der Waals surface area (Å²) in [7, 11) is 0. The lowest BCUT2D eigenvalue weighted by Crippen LogP contribution is -2.60. The van der Waals surface area contributed by atoms with Crippen molar-refractivity contribution in [2.24, 2.45) is 4.99 Å². The Kier molecular flexibility index (Phi) is 5.75. The molecule has 0 aliphatic carbocycles. The second kappa shape index (κ2) is 8.14. The second-order valence-corrected chi connectivity index (χ2v) is 8.60. The van der Waals surface area contributed by atoms with Crippen LogP contribution in [-0.4, -0.2) is 90.6 Å². The zero-order chi connectivity index (χ0) is 20.7. The maximum Gasteiger partial charge on any atom is 0.329 e. The lowest BCUT2D eigenvalue weighted by Gasteiger charge is -2.39. The van der Waals surface area contributed by atoms with Gasteiger partial charge in [-0.15, -0.1) is 23.1 Å².